The van der Waals surface area contributed by atoms with Crippen LogP contribution in [0.5, 0.6) is 0 Å². The number of nitrogens with one attached hydrogen (secondary N) is 1. The van der Waals surface area contributed by atoms with E-state index in [2.05, 4.69) is 12.2 Å². The van der Waals surface area contributed by atoms with Gasteiger partial charge < -0.3 is 5.32 Å². The molecule has 100 valence electrons. The highest BCUT2D eigenvalue weighted by atomic mass is 35.5. The summed E-state index contributed by atoms with van der Waals surface area (Å²) in [5.74, 6) is 0. The van der Waals surface area contributed by atoms with Gasteiger partial charge in [-0.05, 0) is 24.1 Å². The average Bonchev–Trinajstić information content (AvgIpc) is 2.34. The molecule has 0 heterocycles. The molecule has 0 spiro atoms. The van der Waals surface area contributed by atoms with Crippen LogP contribution in [0.4, 0.5) is 0 Å². The Morgan fingerprint density at radius 1 is 1.28 bits per heavy atom. The van der Waals surface area contributed by atoms with Crippen LogP contribution in [0.25, 0.3) is 0 Å². The van der Waals surface area contributed by atoms with Crippen LogP contribution >= 0.6 is 23.2 Å². The Morgan fingerprint density at radius 2 is 2.06 bits per heavy atom. The molecule has 0 fully saturated rings. The van der Waals surface area contributed by atoms with Crippen molar-refractivity contribution in [3.8, 4) is 0 Å². The van der Waals surface area contributed by atoms with E-state index in [1.165, 1.54) is 19.3 Å². The summed E-state index contributed by atoms with van der Waals surface area (Å²) in [5, 5.41) is 4.05. The van der Waals surface area contributed by atoms with Gasteiger partial charge in [-0.2, -0.15) is 0 Å². The number of unbranched alkanes of at least 4 members (excludes halogenated alkanes) is 3. The second-order valence-electron chi connectivity index (χ2n) is 4.35. The van der Waals surface area contributed by atoms with E-state index in [1.54, 1.807) is 12.1 Å². The molecule has 0 bridgehead atoms. The average molecular weight is 288 g/mol. The van der Waals surface area contributed by atoms with E-state index in [0.29, 0.717) is 10.0 Å². The molecular formula is C14H19Cl2NO. The second kappa shape index (κ2) is 8.39. The van der Waals surface area contributed by atoms with E-state index in [9.17, 15) is 4.79 Å². The monoisotopic (exact) mass is 287 g/mol. The van der Waals surface area contributed by atoms with Crippen LogP contribution < -0.4 is 5.32 Å². The molecule has 1 aromatic carbocycles. The molecule has 1 rings (SSSR count). The van der Waals surface area contributed by atoms with Crippen LogP contribution in [0.15, 0.2) is 18.2 Å². The molecule has 18 heavy (non-hydrogen) atoms. The summed E-state index contributed by atoms with van der Waals surface area (Å²) in [6.07, 6.45) is 6.32. The van der Waals surface area contributed by atoms with Crippen molar-refractivity contribution in [2.24, 2.45) is 0 Å². The highest BCUT2D eigenvalue weighted by Gasteiger charge is 2.13. The van der Waals surface area contributed by atoms with Gasteiger partial charge in [0.2, 0.25) is 6.41 Å². The summed E-state index contributed by atoms with van der Waals surface area (Å²) in [6.45, 7) is 2.18. The first-order valence-corrected chi connectivity index (χ1v) is 7.09. The summed E-state index contributed by atoms with van der Waals surface area (Å²) >= 11 is 12.0. The maximum atomic E-state index is 10.7. The Hall–Kier alpha value is -0.730. The number of hydrogen-bond donors (Lipinski definition) is 1. The lowest BCUT2D eigenvalue weighted by atomic mass is 10.00. The predicted molar refractivity (Wildman–Crippen MR) is 77.2 cm³/mol. The zero-order valence-corrected chi connectivity index (χ0v) is 12.1. The lowest BCUT2D eigenvalue weighted by Gasteiger charge is -2.18. The van der Waals surface area contributed by atoms with Crippen molar-refractivity contribution >= 4 is 29.6 Å². The molecule has 4 heteroatoms. The second-order valence-corrected chi connectivity index (χ2v) is 5.20. The van der Waals surface area contributed by atoms with Crippen molar-refractivity contribution in [2.45, 2.75) is 45.1 Å². The molecule has 0 radical (unpaired) electrons. The molecule has 0 aromatic heterocycles. The van der Waals surface area contributed by atoms with Gasteiger partial charge >= 0.3 is 0 Å². The molecular weight excluding hydrogens is 269 g/mol. The first-order valence-electron chi connectivity index (χ1n) is 6.33. The number of halogens is 2. The van der Waals surface area contributed by atoms with Crippen LogP contribution in [0.2, 0.25) is 10.0 Å². The van der Waals surface area contributed by atoms with E-state index in [1.807, 2.05) is 6.07 Å². The van der Waals surface area contributed by atoms with Gasteiger partial charge in [-0.3, -0.25) is 4.79 Å². The minimum absolute atomic E-state index is 0.0240. The molecule has 0 aliphatic rings. The maximum absolute atomic E-state index is 10.7. The topological polar surface area (TPSA) is 29.1 Å². The number of hydrogen-bond acceptors (Lipinski definition) is 1. The molecule has 0 saturated carbocycles. The van der Waals surface area contributed by atoms with Gasteiger partial charge in [0.15, 0.2) is 0 Å². The molecule has 0 saturated heterocycles. The molecule has 1 aromatic rings. The summed E-state index contributed by atoms with van der Waals surface area (Å²) in [4.78, 5) is 10.7. The highest BCUT2D eigenvalue weighted by molar-refractivity contribution is 6.35. The summed E-state index contributed by atoms with van der Waals surface area (Å²) in [6, 6.07) is 5.37. The minimum Gasteiger partial charge on any atom is -0.352 e. The summed E-state index contributed by atoms with van der Waals surface area (Å²) < 4.78 is 0. The zero-order valence-electron chi connectivity index (χ0n) is 10.6. The van der Waals surface area contributed by atoms with E-state index < -0.39 is 0 Å². The largest absolute Gasteiger partial charge is 0.352 e. The number of benzene rings is 1. The molecule has 0 unspecified atom stereocenters. The van der Waals surface area contributed by atoms with Crippen molar-refractivity contribution in [1.29, 1.82) is 0 Å². The SMILES string of the molecule is CCCCCC[C@@H](NC=O)c1ccc(Cl)cc1Cl. The Labute approximate surface area is 119 Å². The van der Waals surface area contributed by atoms with Gasteiger partial charge in [0, 0.05) is 10.0 Å². The standard InChI is InChI=1S/C14H19Cl2NO/c1-2-3-4-5-6-14(17-10-18)12-8-7-11(15)9-13(12)16/h7-10,14H,2-6H2,1H3,(H,17,18)/t14-/m1/s1. The molecule has 1 N–H and O–H groups in total. The fourth-order valence-corrected chi connectivity index (χ4v) is 2.51. The minimum atomic E-state index is -0.0240. The van der Waals surface area contributed by atoms with Gasteiger partial charge in [-0.25, -0.2) is 0 Å². The van der Waals surface area contributed by atoms with Crippen molar-refractivity contribution in [3.63, 3.8) is 0 Å². The van der Waals surface area contributed by atoms with Crippen molar-refractivity contribution < 1.29 is 4.79 Å². The summed E-state index contributed by atoms with van der Waals surface area (Å²) in [5.41, 5.74) is 0.935. The van der Waals surface area contributed by atoms with Gasteiger partial charge in [-0.1, -0.05) is 61.9 Å². The third-order valence-electron chi connectivity index (χ3n) is 2.95. The molecule has 1 atom stereocenters. The van der Waals surface area contributed by atoms with Crippen molar-refractivity contribution in [3.05, 3.63) is 33.8 Å². The maximum Gasteiger partial charge on any atom is 0.207 e. The fourth-order valence-electron chi connectivity index (χ4n) is 1.97. The van der Waals surface area contributed by atoms with E-state index in [0.717, 1.165) is 24.8 Å². The highest BCUT2D eigenvalue weighted by Crippen LogP contribution is 2.29. The Morgan fingerprint density at radius 3 is 2.67 bits per heavy atom. The molecule has 1 amide bonds. The number of rotatable bonds is 8. The normalized spacial score (nSPS) is 12.2. The first-order chi connectivity index (χ1) is 8.69. The van der Waals surface area contributed by atoms with Crippen molar-refractivity contribution in [2.75, 3.05) is 0 Å². The van der Waals surface area contributed by atoms with Gasteiger partial charge in [-0.15, -0.1) is 0 Å². The Balaban J connectivity index is 2.67. The quantitative estimate of drug-likeness (QED) is 0.542. The number of carbonyl (C=O) groups excluding carboxylic acids is 1. The lowest BCUT2D eigenvalue weighted by molar-refractivity contribution is -0.110. The van der Waals surface area contributed by atoms with Gasteiger partial charge in [0.1, 0.15) is 0 Å². The smallest absolute Gasteiger partial charge is 0.207 e. The Kier molecular flexibility index (Phi) is 7.14. The molecule has 2 nitrogen and oxygen atoms in total. The van der Waals surface area contributed by atoms with E-state index in [4.69, 9.17) is 23.2 Å². The third-order valence-corrected chi connectivity index (χ3v) is 3.52. The van der Waals surface area contributed by atoms with Crippen LogP contribution in [0.3, 0.4) is 0 Å². The summed E-state index contributed by atoms with van der Waals surface area (Å²) in [7, 11) is 0. The molecule has 0 aliphatic carbocycles. The fraction of sp³-hybridized carbons (Fsp3) is 0.500. The van der Waals surface area contributed by atoms with Crippen LogP contribution in [-0.4, -0.2) is 6.41 Å². The van der Waals surface area contributed by atoms with Crippen molar-refractivity contribution in [1.82, 2.24) is 5.32 Å². The zero-order chi connectivity index (χ0) is 13.4. The predicted octanol–water partition coefficient (Wildman–Crippen LogP) is 4.75. The van der Waals surface area contributed by atoms with Gasteiger partial charge in [0.25, 0.3) is 0 Å². The van der Waals surface area contributed by atoms with E-state index in [-0.39, 0.29) is 6.04 Å². The van der Waals surface area contributed by atoms with Crippen LogP contribution in [0, 0.1) is 0 Å². The van der Waals surface area contributed by atoms with Crippen LogP contribution in [-0.2, 0) is 4.79 Å². The number of carbonyl (C=O) groups is 1. The number of amides is 1. The van der Waals surface area contributed by atoms with E-state index >= 15 is 0 Å². The van der Waals surface area contributed by atoms with Gasteiger partial charge in [0.05, 0.1) is 6.04 Å². The van der Waals surface area contributed by atoms with Crippen LogP contribution in [0.1, 0.15) is 50.6 Å². The third kappa shape index (κ3) is 4.87. The Bertz CT molecular complexity index is 382. The molecule has 0 aliphatic heterocycles. The first kappa shape index (κ1) is 15.3. The lowest BCUT2D eigenvalue weighted by Crippen LogP contribution is -2.19.